The fourth-order valence-corrected chi connectivity index (χ4v) is 2.33. The maximum absolute atomic E-state index is 12.6. The number of hydrogen-bond acceptors (Lipinski definition) is 2. The Morgan fingerprint density at radius 2 is 2.05 bits per heavy atom. The number of aromatic nitrogens is 2. The molecule has 0 saturated heterocycles. The van der Waals surface area contributed by atoms with E-state index in [9.17, 15) is 4.79 Å². The molecule has 0 unspecified atom stereocenters. The van der Waals surface area contributed by atoms with Gasteiger partial charge < -0.3 is 4.98 Å². The number of nitrogens with zero attached hydrogens (tertiary/aromatic N) is 2. The molecule has 100 valence electrons. The van der Waals surface area contributed by atoms with Gasteiger partial charge in [0.15, 0.2) is 0 Å². The summed E-state index contributed by atoms with van der Waals surface area (Å²) in [5, 5.41) is 0.918. The molecule has 0 spiro atoms. The third-order valence-electron chi connectivity index (χ3n) is 3.18. The highest BCUT2D eigenvalue weighted by atomic mass is 79.9. The van der Waals surface area contributed by atoms with Gasteiger partial charge in [0, 0.05) is 34.8 Å². The molecule has 1 N–H and O–H groups in total. The Labute approximate surface area is 124 Å². The molecule has 3 aromatic rings. The number of fused-ring (bicyclic) bond motifs is 1. The van der Waals surface area contributed by atoms with Gasteiger partial charge in [0.1, 0.15) is 5.82 Å². The minimum absolute atomic E-state index is 0.0859. The van der Waals surface area contributed by atoms with E-state index in [1.807, 2.05) is 30.3 Å². The van der Waals surface area contributed by atoms with Crippen LogP contribution in [0.1, 0.15) is 10.4 Å². The van der Waals surface area contributed by atoms with E-state index < -0.39 is 0 Å². The number of H-pyrrole nitrogens is 1. The standard InChI is InChI=1S/C15H12BrN3O/c1-19(14-7-6-10(16)8-18-14)15(20)12-9-17-13-5-3-2-4-11(12)13/h2-9,17H,1H3. The second-order valence-electron chi connectivity index (χ2n) is 4.45. The lowest BCUT2D eigenvalue weighted by atomic mass is 10.1. The number of halogens is 1. The van der Waals surface area contributed by atoms with Gasteiger partial charge in [0.25, 0.3) is 5.91 Å². The Morgan fingerprint density at radius 1 is 1.25 bits per heavy atom. The van der Waals surface area contributed by atoms with Gasteiger partial charge in [-0.2, -0.15) is 0 Å². The summed E-state index contributed by atoms with van der Waals surface area (Å²) in [6, 6.07) is 11.4. The van der Waals surface area contributed by atoms with Crippen LogP contribution in [0.4, 0.5) is 5.82 Å². The largest absolute Gasteiger partial charge is 0.360 e. The molecule has 3 rings (SSSR count). The second kappa shape index (κ2) is 5.09. The number of carbonyl (C=O) groups excluding carboxylic acids is 1. The molecule has 0 aliphatic heterocycles. The molecule has 5 heteroatoms. The number of aromatic amines is 1. The number of amides is 1. The van der Waals surface area contributed by atoms with Crippen LogP contribution in [0.15, 0.2) is 53.3 Å². The van der Waals surface area contributed by atoms with E-state index in [0.29, 0.717) is 11.4 Å². The van der Waals surface area contributed by atoms with Crippen LogP contribution in [0.2, 0.25) is 0 Å². The van der Waals surface area contributed by atoms with E-state index in [0.717, 1.165) is 15.4 Å². The van der Waals surface area contributed by atoms with Gasteiger partial charge >= 0.3 is 0 Å². The van der Waals surface area contributed by atoms with Gasteiger partial charge in [-0.15, -0.1) is 0 Å². The average molecular weight is 330 g/mol. The van der Waals surface area contributed by atoms with Gasteiger partial charge in [0.2, 0.25) is 0 Å². The first-order chi connectivity index (χ1) is 9.66. The van der Waals surface area contributed by atoms with Crippen LogP contribution < -0.4 is 4.90 Å². The number of nitrogens with one attached hydrogen (secondary N) is 1. The molecule has 20 heavy (non-hydrogen) atoms. The third kappa shape index (κ3) is 2.20. The normalized spacial score (nSPS) is 10.7. The quantitative estimate of drug-likeness (QED) is 0.780. The van der Waals surface area contributed by atoms with E-state index in [4.69, 9.17) is 0 Å². The monoisotopic (exact) mass is 329 g/mol. The number of hydrogen-bond donors (Lipinski definition) is 1. The number of benzene rings is 1. The summed E-state index contributed by atoms with van der Waals surface area (Å²) in [4.78, 5) is 21.4. The van der Waals surface area contributed by atoms with Crippen LogP contribution in [0.25, 0.3) is 10.9 Å². The third-order valence-corrected chi connectivity index (χ3v) is 3.65. The average Bonchev–Trinajstić information content (AvgIpc) is 2.90. The summed E-state index contributed by atoms with van der Waals surface area (Å²) in [6.45, 7) is 0. The van der Waals surface area contributed by atoms with Crippen molar-refractivity contribution in [2.75, 3.05) is 11.9 Å². The van der Waals surface area contributed by atoms with Crippen LogP contribution in [-0.4, -0.2) is 22.9 Å². The highest BCUT2D eigenvalue weighted by Crippen LogP contribution is 2.21. The predicted octanol–water partition coefficient (Wildman–Crippen LogP) is 3.60. The summed E-state index contributed by atoms with van der Waals surface area (Å²) >= 11 is 3.33. The van der Waals surface area contributed by atoms with E-state index in [-0.39, 0.29) is 5.91 Å². The molecule has 1 aromatic carbocycles. The van der Waals surface area contributed by atoms with Crippen molar-refractivity contribution < 1.29 is 4.79 Å². The van der Waals surface area contributed by atoms with Gasteiger partial charge in [-0.1, -0.05) is 18.2 Å². The highest BCUT2D eigenvalue weighted by Gasteiger charge is 2.17. The van der Waals surface area contributed by atoms with Gasteiger partial charge in [0.05, 0.1) is 5.56 Å². The van der Waals surface area contributed by atoms with E-state index in [2.05, 4.69) is 25.9 Å². The van der Waals surface area contributed by atoms with Crippen LogP contribution in [0, 0.1) is 0 Å². The molecule has 0 aliphatic rings. The first kappa shape index (κ1) is 12.9. The fourth-order valence-electron chi connectivity index (χ4n) is 2.10. The zero-order valence-electron chi connectivity index (χ0n) is 10.8. The highest BCUT2D eigenvalue weighted by molar-refractivity contribution is 9.10. The SMILES string of the molecule is CN(C(=O)c1c[nH]c2ccccc12)c1ccc(Br)cn1. The van der Waals surface area contributed by atoms with Crippen molar-refractivity contribution >= 4 is 38.6 Å². The van der Waals surface area contributed by atoms with Crippen LogP contribution in [0.3, 0.4) is 0 Å². The molecule has 0 saturated carbocycles. The van der Waals surface area contributed by atoms with Crippen molar-refractivity contribution in [1.29, 1.82) is 0 Å². The predicted molar refractivity (Wildman–Crippen MR) is 83.0 cm³/mol. The first-order valence-corrected chi connectivity index (χ1v) is 6.92. The van der Waals surface area contributed by atoms with E-state index in [1.54, 1.807) is 30.4 Å². The summed E-state index contributed by atoms with van der Waals surface area (Å²) in [5.74, 6) is 0.528. The van der Waals surface area contributed by atoms with Crippen molar-refractivity contribution in [3.05, 3.63) is 58.8 Å². The molecule has 0 aliphatic carbocycles. The Balaban J connectivity index is 1.97. The molecule has 2 heterocycles. The van der Waals surface area contributed by atoms with Crippen LogP contribution >= 0.6 is 15.9 Å². The smallest absolute Gasteiger partial charge is 0.261 e. The summed E-state index contributed by atoms with van der Waals surface area (Å²) in [5.41, 5.74) is 1.60. The number of rotatable bonds is 2. The minimum atomic E-state index is -0.0859. The lowest BCUT2D eigenvalue weighted by Gasteiger charge is -2.15. The number of anilines is 1. The Bertz CT molecular complexity index is 764. The molecule has 1 amide bonds. The maximum atomic E-state index is 12.6. The molecule has 0 fully saturated rings. The lowest BCUT2D eigenvalue weighted by molar-refractivity contribution is 0.0994. The Morgan fingerprint density at radius 3 is 2.80 bits per heavy atom. The molecule has 0 atom stereocenters. The molecular formula is C15H12BrN3O. The maximum Gasteiger partial charge on any atom is 0.261 e. The topological polar surface area (TPSA) is 49.0 Å². The zero-order valence-corrected chi connectivity index (χ0v) is 12.4. The zero-order chi connectivity index (χ0) is 14.1. The number of para-hydroxylation sites is 1. The van der Waals surface area contributed by atoms with E-state index >= 15 is 0 Å². The summed E-state index contributed by atoms with van der Waals surface area (Å²) in [6.07, 6.45) is 3.41. The van der Waals surface area contributed by atoms with Crippen molar-refractivity contribution in [3.63, 3.8) is 0 Å². The van der Waals surface area contributed by atoms with Crippen molar-refractivity contribution in [2.45, 2.75) is 0 Å². The number of carbonyl (C=O) groups is 1. The molecule has 4 nitrogen and oxygen atoms in total. The van der Waals surface area contributed by atoms with E-state index in [1.165, 1.54) is 0 Å². The van der Waals surface area contributed by atoms with Gasteiger partial charge in [-0.3, -0.25) is 9.69 Å². The van der Waals surface area contributed by atoms with Gasteiger partial charge in [-0.05, 0) is 34.1 Å². The summed E-state index contributed by atoms with van der Waals surface area (Å²) in [7, 11) is 1.72. The summed E-state index contributed by atoms with van der Waals surface area (Å²) < 4.78 is 0.884. The fraction of sp³-hybridized carbons (Fsp3) is 0.0667. The molecule has 0 radical (unpaired) electrons. The first-order valence-electron chi connectivity index (χ1n) is 6.12. The van der Waals surface area contributed by atoms with Crippen LogP contribution in [-0.2, 0) is 0 Å². The number of pyridine rings is 1. The lowest BCUT2D eigenvalue weighted by Crippen LogP contribution is -2.26. The van der Waals surface area contributed by atoms with Crippen molar-refractivity contribution in [3.8, 4) is 0 Å². The van der Waals surface area contributed by atoms with Crippen molar-refractivity contribution in [2.24, 2.45) is 0 Å². The Hall–Kier alpha value is -2.14. The Kier molecular flexibility index (Phi) is 3.28. The molecule has 2 aromatic heterocycles. The molecular weight excluding hydrogens is 318 g/mol. The van der Waals surface area contributed by atoms with Crippen LogP contribution in [0.5, 0.6) is 0 Å². The van der Waals surface area contributed by atoms with Gasteiger partial charge in [-0.25, -0.2) is 4.98 Å². The minimum Gasteiger partial charge on any atom is -0.360 e. The van der Waals surface area contributed by atoms with Crippen molar-refractivity contribution in [1.82, 2.24) is 9.97 Å². The molecule has 0 bridgehead atoms. The second-order valence-corrected chi connectivity index (χ2v) is 5.36.